The second-order valence-electron chi connectivity index (χ2n) is 7.87. The number of hydrogen-bond donors (Lipinski definition) is 1. The van der Waals surface area contributed by atoms with Gasteiger partial charge in [-0.05, 0) is 37.3 Å². The van der Waals surface area contributed by atoms with Crippen LogP contribution in [-0.2, 0) is 16.1 Å². The van der Waals surface area contributed by atoms with Crippen LogP contribution in [-0.4, -0.2) is 35.4 Å². The molecule has 0 saturated carbocycles. The van der Waals surface area contributed by atoms with Gasteiger partial charge in [-0.25, -0.2) is 4.79 Å². The normalized spacial score (nSPS) is 18.3. The molecule has 2 atom stereocenters. The number of nitrogens with zero attached hydrogens (tertiary/aromatic N) is 1. The van der Waals surface area contributed by atoms with Crippen molar-refractivity contribution in [2.75, 3.05) is 24.3 Å². The number of fused-ring (bicyclic) bond motifs is 5. The number of rotatable bonds is 5. The van der Waals surface area contributed by atoms with Crippen LogP contribution in [0.3, 0.4) is 0 Å². The molecule has 0 saturated heterocycles. The summed E-state index contributed by atoms with van der Waals surface area (Å²) in [5.41, 5.74) is 2.08. The third kappa shape index (κ3) is 4.18. The molecule has 170 valence electrons. The van der Waals surface area contributed by atoms with Crippen LogP contribution in [0.25, 0.3) is 0 Å². The summed E-state index contributed by atoms with van der Waals surface area (Å²) in [5, 5.41) is 3.68. The Morgan fingerprint density at radius 1 is 1.18 bits per heavy atom. The lowest BCUT2D eigenvalue weighted by atomic mass is 9.84. The molecule has 2 aliphatic heterocycles. The number of thioether (sulfide) groups is 1. The van der Waals surface area contributed by atoms with Gasteiger partial charge in [0.1, 0.15) is 12.3 Å². The molecular weight excluding hydrogens is 460 g/mol. The number of aromatic nitrogens is 1. The summed E-state index contributed by atoms with van der Waals surface area (Å²) in [7, 11) is 0. The van der Waals surface area contributed by atoms with Crippen LogP contribution >= 0.6 is 23.1 Å². The molecule has 2 aromatic carbocycles. The third-order valence-electron chi connectivity index (χ3n) is 5.75. The van der Waals surface area contributed by atoms with Crippen molar-refractivity contribution in [3.8, 4) is 5.75 Å². The van der Waals surface area contributed by atoms with Crippen LogP contribution in [0.1, 0.15) is 33.6 Å². The SMILES string of the molecule is CCOC(=O)c1ccc(NC(=O)Cn2c3c(sc2=O)C2c4ccccc4OCC2CS3)cc1. The summed E-state index contributed by atoms with van der Waals surface area (Å²) >= 11 is 2.84. The lowest BCUT2D eigenvalue weighted by Crippen LogP contribution is -2.31. The summed E-state index contributed by atoms with van der Waals surface area (Å²) in [6, 6.07) is 14.5. The molecule has 9 heteroatoms. The maximum Gasteiger partial charge on any atom is 0.338 e. The molecule has 7 nitrogen and oxygen atoms in total. The highest BCUT2D eigenvalue weighted by Crippen LogP contribution is 2.50. The van der Waals surface area contributed by atoms with Gasteiger partial charge < -0.3 is 14.8 Å². The monoisotopic (exact) mass is 482 g/mol. The summed E-state index contributed by atoms with van der Waals surface area (Å²) in [5.74, 6) is 1.42. The van der Waals surface area contributed by atoms with Gasteiger partial charge in [0.15, 0.2) is 0 Å². The van der Waals surface area contributed by atoms with E-state index >= 15 is 0 Å². The number of carbonyl (C=O) groups is 2. The van der Waals surface area contributed by atoms with Crippen LogP contribution in [0.4, 0.5) is 5.69 Å². The standard InChI is InChI=1S/C24H22N2O5S2/c1-2-30-23(28)14-7-9-16(10-8-14)25-19(27)11-26-22-21(33-24(26)29)20-15(13-32-22)12-31-18-6-4-3-5-17(18)20/h3-10,15,20H,2,11-13H2,1H3,(H,25,27). The number of hydrogen-bond acceptors (Lipinski definition) is 7. The fraction of sp³-hybridized carbons (Fsp3) is 0.292. The van der Waals surface area contributed by atoms with Crippen molar-refractivity contribution in [3.63, 3.8) is 0 Å². The van der Waals surface area contributed by atoms with E-state index in [1.807, 2.05) is 18.2 Å². The lowest BCUT2D eigenvalue weighted by Gasteiger charge is -2.36. The van der Waals surface area contributed by atoms with E-state index in [1.165, 1.54) is 11.3 Å². The van der Waals surface area contributed by atoms with E-state index in [1.54, 1.807) is 47.5 Å². The molecule has 0 aliphatic carbocycles. The summed E-state index contributed by atoms with van der Waals surface area (Å²) in [4.78, 5) is 38.3. The van der Waals surface area contributed by atoms with Gasteiger partial charge in [0.05, 0.1) is 23.8 Å². The van der Waals surface area contributed by atoms with E-state index < -0.39 is 5.97 Å². The molecular formula is C24H22N2O5S2. The van der Waals surface area contributed by atoms with Gasteiger partial charge in [-0.1, -0.05) is 29.5 Å². The second-order valence-corrected chi connectivity index (χ2v) is 9.87. The zero-order chi connectivity index (χ0) is 22.9. The first-order chi connectivity index (χ1) is 16.0. The number of anilines is 1. The van der Waals surface area contributed by atoms with E-state index in [0.29, 0.717) is 30.4 Å². The molecule has 1 aromatic heterocycles. The molecule has 33 heavy (non-hydrogen) atoms. The summed E-state index contributed by atoms with van der Waals surface area (Å²) < 4.78 is 12.5. The van der Waals surface area contributed by atoms with Crippen molar-refractivity contribution < 1.29 is 19.1 Å². The van der Waals surface area contributed by atoms with E-state index in [9.17, 15) is 14.4 Å². The first kappa shape index (κ1) is 21.8. The van der Waals surface area contributed by atoms with Gasteiger partial charge in [-0.3, -0.25) is 14.2 Å². The van der Waals surface area contributed by atoms with E-state index in [2.05, 4.69) is 11.4 Å². The smallest absolute Gasteiger partial charge is 0.338 e. The molecule has 0 radical (unpaired) electrons. The van der Waals surface area contributed by atoms with E-state index in [-0.39, 0.29) is 23.2 Å². The van der Waals surface area contributed by atoms with Gasteiger partial charge in [-0.2, -0.15) is 0 Å². The first-order valence-electron chi connectivity index (χ1n) is 10.7. The predicted molar refractivity (Wildman–Crippen MR) is 128 cm³/mol. The number of ether oxygens (including phenoxy) is 2. The Bertz CT molecular complexity index is 1260. The average molecular weight is 483 g/mol. The molecule has 0 fully saturated rings. The number of benzene rings is 2. The Morgan fingerprint density at radius 2 is 1.97 bits per heavy atom. The zero-order valence-corrected chi connectivity index (χ0v) is 19.5. The van der Waals surface area contributed by atoms with Gasteiger partial charge in [-0.15, -0.1) is 11.8 Å². The number of carbonyl (C=O) groups excluding carboxylic acids is 2. The minimum Gasteiger partial charge on any atom is -0.493 e. The van der Waals surface area contributed by atoms with Crippen LogP contribution < -0.4 is 14.9 Å². The van der Waals surface area contributed by atoms with Crippen LogP contribution in [0.2, 0.25) is 0 Å². The Hall–Kier alpha value is -3.04. The van der Waals surface area contributed by atoms with Gasteiger partial charge in [0, 0.05) is 33.7 Å². The number of amides is 1. The lowest BCUT2D eigenvalue weighted by molar-refractivity contribution is -0.116. The molecule has 1 N–H and O–H groups in total. The van der Waals surface area contributed by atoms with Crippen molar-refractivity contribution in [3.05, 3.63) is 74.2 Å². The zero-order valence-electron chi connectivity index (χ0n) is 17.9. The van der Waals surface area contributed by atoms with E-state index in [4.69, 9.17) is 9.47 Å². The van der Waals surface area contributed by atoms with E-state index in [0.717, 1.165) is 27.0 Å². The highest BCUT2D eigenvalue weighted by atomic mass is 32.2. The molecule has 0 spiro atoms. The highest BCUT2D eigenvalue weighted by Gasteiger charge is 2.39. The fourth-order valence-corrected chi connectivity index (χ4v) is 6.93. The Labute approximate surface area is 198 Å². The van der Waals surface area contributed by atoms with Gasteiger partial charge in [0.25, 0.3) is 0 Å². The third-order valence-corrected chi connectivity index (χ3v) is 8.25. The molecule has 3 heterocycles. The molecule has 1 amide bonds. The van der Waals surface area contributed by atoms with Crippen LogP contribution in [0.5, 0.6) is 5.75 Å². The molecule has 3 aromatic rings. The highest BCUT2D eigenvalue weighted by molar-refractivity contribution is 7.99. The molecule has 5 rings (SSSR count). The maximum atomic E-state index is 12.9. The Morgan fingerprint density at radius 3 is 2.76 bits per heavy atom. The Kier molecular flexibility index (Phi) is 5.99. The average Bonchev–Trinajstić information content (AvgIpc) is 3.14. The molecule has 2 aliphatic rings. The van der Waals surface area contributed by atoms with Crippen LogP contribution in [0, 0.1) is 5.92 Å². The Balaban J connectivity index is 1.35. The van der Waals surface area contributed by atoms with Gasteiger partial charge >= 0.3 is 10.8 Å². The topological polar surface area (TPSA) is 86.6 Å². The molecule has 0 bridgehead atoms. The first-order valence-corrected chi connectivity index (χ1v) is 12.5. The minimum atomic E-state index is -0.406. The maximum absolute atomic E-state index is 12.9. The second kappa shape index (κ2) is 9.07. The predicted octanol–water partition coefficient (Wildman–Crippen LogP) is 3.97. The summed E-state index contributed by atoms with van der Waals surface area (Å²) in [6.45, 7) is 2.61. The minimum absolute atomic E-state index is 0.0627. The number of para-hydroxylation sites is 1. The van der Waals surface area contributed by atoms with Crippen molar-refractivity contribution in [1.82, 2.24) is 4.57 Å². The van der Waals surface area contributed by atoms with Crippen molar-refractivity contribution >= 4 is 40.7 Å². The number of thiazole rings is 1. The van der Waals surface area contributed by atoms with Crippen molar-refractivity contribution in [2.24, 2.45) is 5.92 Å². The van der Waals surface area contributed by atoms with Crippen LogP contribution in [0.15, 0.2) is 58.4 Å². The largest absolute Gasteiger partial charge is 0.493 e. The summed E-state index contributed by atoms with van der Waals surface area (Å²) in [6.07, 6.45) is 0. The van der Waals surface area contributed by atoms with Crippen molar-refractivity contribution in [2.45, 2.75) is 24.4 Å². The quantitative estimate of drug-likeness (QED) is 0.554. The molecule has 2 unspecified atom stereocenters. The number of esters is 1. The van der Waals surface area contributed by atoms with Gasteiger partial charge in [0.2, 0.25) is 5.91 Å². The van der Waals surface area contributed by atoms with Crippen molar-refractivity contribution in [1.29, 1.82) is 0 Å². The number of nitrogens with one attached hydrogen (secondary N) is 1. The fourth-order valence-electron chi connectivity index (χ4n) is 4.24.